The summed E-state index contributed by atoms with van der Waals surface area (Å²) in [4.78, 5) is 25.7. The molecule has 2 amide bonds. The van der Waals surface area contributed by atoms with Crippen molar-refractivity contribution in [1.29, 1.82) is 0 Å². The van der Waals surface area contributed by atoms with E-state index in [2.05, 4.69) is 5.32 Å². The third-order valence-electron chi connectivity index (χ3n) is 3.92. The molecule has 1 aliphatic rings. The number of ether oxygens (including phenoxy) is 3. The molecule has 27 heavy (non-hydrogen) atoms. The number of para-hydroxylation sites is 1. The lowest BCUT2D eigenvalue weighted by Crippen LogP contribution is -2.59. The van der Waals surface area contributed by atoms with Gasteiger partial charge in [-0.05, 0) is 39.8 Å². The fourth-order valence-corrected chi connectivity index (χ4v) is 2.56. The number of amides is 2. The van der Waals surface area contributed by atoms with Gasteiger partial charge >= 0.3 is 6.09 Å². The predicted octanol–water partition coefficient (Wildman–Crippen LogP) is 2.60. The van der Waals surface area contributed by atoms with Gasteiger partial charge in [-0.25, -0.2) is 4.79 Å². The van der Waals surface area contributed by atoms with Crippen LogP contribution >= 0.6 is 0 Å². The van der Waals surface area contributed by atoms with Gasteiger partial charge in [0.2, 0.25) is 5.91 Å². The summed E-state index contributed by atoms with van der Waals surface area (Å²) in [6, 6.07) is 9.03. The van der Waals surface area contributed by atoms with E-state index in [1.165, 1.54) is 0 Å². The van der Waals surface area contributed by atoms with Gasteiger partial charge in [-0.3, -0.25) is 4.79 Å². The molecule has 7 heteroatoms. The summed E-state index contributed by atoms with van der Waals surface area (Å²) in [7, 11) is 0. The van der Waals surface area contributed by atoms with E-state index >= 15 is 0 Å². The predicted molar refractivity (Wildman–Crippen MR) is 102 cm³/mol. The van der Waals surface area contributed by atoms with Crippen LogP contribution in [0.1, 0.15) is 34.1 Å². The molecule has 1 N–H and O–H groups in total. The molecule has 1 atom stereocenters. The Kier molecular flexibility index (Phi) is 7.47. The second-order valence-electron chi connectivity index (χ2n) is 7.62. The van der Waals surface area contributed by atoms with Crippen molar-refractivity contribution in [3.05, 3.63) is 30.3 Å². The van der Waals surface area contributed by atoms with Crippen LogP contribution in [0.3, 0.4) is 0 Å². The van der Waals surface area contributed by atoms with Crippen molar-refractivity contribution in [2.24, 2.45) is 0 Å². The summed E-state index contributed by atoms with van der Waals surface area (Å²) in [6.07, 6.45) is 0.241. The Hall–Kier alpha value is -2.28. The maximum absolute atomic E-state index is 12.3. The Labute approximate surface area is 161 Å². The van der Waals surface area contributed by atoms with E-state index in [-0.39, 0.29) is 12.0 Å². The Bertz CT molecular complexity index is 609. The van der Waals surface area contributed by atoms with Gasteiger partial charge < -0.3 is 24.4 Å². The molecule has 0 saturated carbocycles. The van der Waals surface area contributed by atoms with Crippen molar-refractivity contribution in [2.45, 2.75) is 51.9 Å². The Morgan fingerprint density at radius 3 is 2.48 bits per heavy atom. The van der Waals surface area contributed by atoms with Gasteiger partial charge in [0.1, 0.15) is 17.4 Å². The van der Waals surface area contributed by atoms with Gasteiger partial charge in [-0.2, -0.15) is 0 Å². The van der Waals surface area contributed by atoms with Gasteiger partial charge in [0.25, 0.3) is 0 Å². The average Bonchev–Trinajstić information content (AvgIpc) is 2.54. The normalized spacial score (nSPS) is 15.6. The van der Waals surface area contributed by atoms with Crippen molar-refractivity contribution < 1.29 is 23.8 Å². The number of carbonyl (C=O) groups is 2. The van der Waals surface area contributed by atoms with Crippen molar-refractivity contribution >= 4 is 12.0 Å². The molecule has 0 spiro atoms. The Morgan fingerprint density at radius 1 is 1.19 bits per heavy atom. The highest BCUT2D eigenvalue weighted by Crippen LogP contribution is 2.14. The van der Waals surface area contributed by atoms with E-state index in [4.69, 9.17) is 14.2 Å². The van der Waals surface area contributed by atoms with Crippen LogP contribution in [0.25, 0.3) is 0 Å². The van der Waals surface area contributed by atoms with Gasteiger partial charge in [0, 0.05) is 19.5 Å². The first-order valence-electron chi connectivity index (χ1n) is 9.32. The van der Waals surface area contributed by atoms with E-state index < -0.39 is 17.7 Å². The smallest absolute Gasteiger partial charge is 0.408 e. The molecule has 0 aliphatic carbocycles. The molecule has 1 aliphatic heterocycles. The molecule has 2 rings (SSSR count). The molecule has 0 bridgehead atoms. The number of nitrogens with one attached hydrogen (secondary N) is 1. The maximum atomic E-state index is 12.3. The molecule has 150 valence electrons. The van der Waals surface area contributed by atoms with Crippen LogP contribution in [0.2, 0.25) is 0 Å². The Balaban J connectivity index is 1.55. The topological polar surface area (TPSA) is 77.1 Å². The average molecular weight is 378 g/mol. The molecular weight excluding hydrogens is 348 g/mol. The largest absolute Gasteiger partial charge is 0.494 e. The highest BCUT2D eigenvalue weighted by molar-refractivity contribution is 5.86. The molecule has 1 aromatic rings. The summed E-state index contributed by atoms with van der Waals surface area (Å²) in [6.45, 7) is 9.25. The first-order valence-corrected chi connectivity index (χ1v) is 9.32. The third kappa shape index (κ3) is 7.46. The van der Waals surface area contributed by atoms with Crippen molar-refractivity contribution in [2.75, 3.05) is 26.3 Å². The lowest BCUT2D eigenvalue weighted by atomic mass is 10.1. The van der Waals surface area contributed by atoms with Gasteiger partial charge in [0.15, 0.2) is 0 Å². The van der Waals surface area contributed by atoms with Gasteiger partial charge in [-0.1, -0.05) is 18.2 Å². The molecule has 7 nitrogen and oxygen atoms in total. The molecule has 0 aromatic heterocycles. The first kappa shape index (κ1) is 21.0. The first-order chi connectivity index (χ1) is 12.7. The minimum absolute atomic E-state index is 0.0411. The number of hydrogen-bond acceptors (Lipinski definition) is 5. The SMILES string of the molecule is C[C@@H](NC(=O)OC(C)(C)C)C(=O)N1CC(OCCCOc2ccccc2)C1. The number of alkyl carbamates (subject to hydrolysis) is 1. The van der Waals surface area contributed by atoms with Crippen molar-refractivity contribution in [1.82, 2.24) is 10.2 Å². The standard InChI is InChI=1S/C20H30N2O5/c1-15(21-19(24)27-20(2,3)4)18(23)22-13-17(14-22)26-12-8-11-25-16-9-6-5-7-10-16/h5-7,9-10,15,17H,8,11-14H2,1-4H3,(H,21,24)/t15-/m1/s1. The number of likely N-dealkylation sites (tertiary alicyclic amines) is 1. The zero-order chi connectivity index (χ0) is 19.9. The number of hydrogen-bond donors (Lipinski definition) is 1. The van der Waals surface area contributed by atoms with E-state index in [0.717, 1.165) is 12.2 Å². The Morgan fingerprint density at radius 2 is 1.85 bits per heavy atom. The number of benzene rings is 1. The van der Waals surface area contributed by atoms with Crippen LogP contribution in [0.15, 0.2) is 30.3 Å². The van der Waals surface area contributed by atoms with Gasteiger partial charge in [0.05, 0.1) is 19.3 Å². The van der Waals surface area contributed by atoms with Crippen LogP contribution in [-0.4, -0.2) is 61.0 Å². The van der Waals surface area contributed by atoms with Crippen LogP contribution in [0, 0.1) is 0 Å². The van der Waals surface area contributed by atoms with Crippen molar-refractivity contribution in [3.8, 4) is 5.75 Å². The quantitative estimate of drug-likeness (QED) is 0.704. The van der Waals surface area contributed by atoms with E-state index in [1.807, 2.05) is 30.3 Å². The molecule has 0 unspecified atom stereocenters. The monoisotopic (exact) mass is 378 g/mol. The second kappa shape index (κ2) is 9.60. The molecular formula is C20H30N2O5. The molecule has 1 aromatic carbocycles. The maximum Gasteiger partial charge on any atom is 0.408 e. The van der Waals surface area contributed by atoms with Crippen molar-refractivity contribution in [3.63, 3.8) is 0 Å². The van der Waals surface area contributed by atoms with E-state index in [1.54, 1.807) is 32.6 Å². The lowest BCUT2D eigenvalue weighted by Gasteiger charge is -2.40. The zero-order valence-corrected chi connectivity index (χ0v) is 16.6. The minimum atomic E-state index is -0.625. The van der Waals surface area contributed by atoms with Gasteiger partial charge in [-0.15, -0.1) is 0 Å². The molecule has 1 fully saturated rings. The molecule has 1 heterocycles. The van der Waals surface area contributed by atoms with Crippen LogP contribution in [0.4, 0.5) is 4.79 Å². The molecule has 0 radical (unpaired) electrons. The number of carbonyl (C=O) groups excluding carboxylic acids is 2. The molecule has 1 saturated heterocycles. The van der Waals surface area contributed by atoms with Crippen LogP contribution < -0.4 is 10.1 Å². The summed E-state index contributed by atoms with van der Waals surface area (Å²) in [5, 5.41) is 2.57. The fraction of sp³-hybridized carbons (Fsp3) is 0.600. The van der Waals surface area contributed by atoms with E-state index in [0.29, 0.717) is 26.3 Å². The minimum Gasteiger partial charge on any atom is -0.494 e. The van der Waals surface area contributed by atoms with E-state index in [9.17, 15) is 9.59 Å². The van der Waals surface area contributed by atoms with Crippen LogP contribution in [0.5, 0.6) is 5.75 Å². The summed E-state index contributed by atoms with van der Waals surface area (Å²) >= 11 is 0. The second-order valence-corrected chi connectivity index (χ2v) is 7.62. The third-order valence-corrected chi connectivity index (χ3v) is 3.92. The number of nitrogens with zero attached hydrogens (tertiary/aromatic N) is 1. The van der Waals surface area contributed by atoms with Crippen LogP contribution in [-0.2, 0) is 14.3 Å². The summed E-state index contributed by atoms with van der Waals surface area (Å²) in [5.41, 5.74) is -0.591. The fourth-order valence-electron chi connectivity index (χ4n) is 2.56. The lowest BCUT2D eigenvalue weighted by molar-refractivity contribution is -0.146. The summed E-state index contributed by atoms with van der Waals surface area (Å²) in [5.74, 6) is 0.720. The highest BCUT2D eigenvalue weighted by atomic mass is 16.6. The summed E-state index contributed by atoms with van der Waals surface area (Å²) < 4.78 is 16.5. The highest BCUT2D eigenvalue weighted by Gasteiger charge is 2.34. The zero-order valence-electron chi connectivity index (χ0n) is 16.6. The number of rotatable bonds is 8.